The van der Waals surface area contributed by atoms with Gasteiger partial charge in [-0.05, 0) is 45.4 Å². The van der Waals surface area contributed by atoms with Crippen LogP contribution < -0.4 is 10.9 Å². The summed E-state index contributed by atoms with van der Waals surface area (Å²) in [5.41, 5.74) is 1.02. The molecule has 0 saturated heterocycles. The zero-order chi connectivity index (χ0) is 26.3. The van der Waals surface area contributed by atoms with Gasteiger partial charge < -0.3 is 14.0 Å². The zero-order valence-electron chi connectivity index (χ0n) is 21.4. The number of carbonyl (C=O) groups is 2. The summed E-state index contributed by atoms with van der Waals surface area (Å²) in [5, 5.41) is 2.40. The molecule has 7 heteroatoms. The fraction of sp³-hybridized carbons (Fsp3) is 0.321. The Morgan fingerprint density at radius 2 is 1.46 bits per heavy atom. The summed E-state index contributed by atoms with van der Waals surface area (Å²) in [6, 6.07) is 22.4. The van der Waals surface area contributed by atoms with Crippen molar-refractivity contribution in [1.82, 2.24) is 4.57 Å². The van der Waals surface area contributed by atoms with Crippen LogP contribution in [0.25, 0.3) is 0 Å². The maximum absolute atomic E-state index is 12.4. The van der Waals surface area contributed by atoms with E-state index in [0.717, 1.165) is 5.56 Å². The number of nitrogens with one attached hydrogen (secondary N) is 1. The van der Waals surface area contributed by atoms with Crippen LogP contribution in [0.15, 0.2) is 83.8 Å². The topological polar surface area (TPSA) is 86.6 Å². The molecule has 35 heavy (non-hydrogen) atoms. The highest BCUT2D eigenvalue weighted by Gasteiger charge is 2.17. The first-order valence-corrected chi connectivity index (χ1v) is 11.5. The first kappa shape index (κ1) is 29.2. The second kappa shape index (κ2) is 15.1. The van der Waals surface area contributed by atoms with Gasteiger partial charge in [0, 0.05) is 6.20 Å². The Kier molecular flexibility index (Phi) is 12.6. The molecule has 0 radical (unpaired) electrons. The van der Waals surface area contributed by atoms with Gasteiger partial charge >= 0.3 is 12.1 Å². The Balaban J connectivity index is 0.000000574. The summed E-state index contributed by atoms with van der Waals surface area (Å²) in [7, 11) is 0. The largest absolute Gasteiger partial charge is 0.459 e. The third-order valence-corrected chi connectivity index (χ3v) is 4.13. The van der Waals surface area contributed by atoms with Gasteiger partial charge in [0.15, 0.2) is 0 Å². The van der Waals surface area contributed by atoms with Crippen LogP contribution in [-0.4, -0.2) is 22.2 Å². The number of amides is 1. The molecule has 0 fully saturated rings. The molecule has 1 N–H and O–H groups in total. The van der Waals surface area contributed by atoms with Gasteiger partial charge in [0.25, 0.3) is 5.56 Å². The van der Waals surface area contributed by atoms with E-state index < -0.39 is 23.2 Å². The highest BCUT2D eigenvalue weighted by atomic mass is 16.6. The molecule has 0 unspecified atom stereocenters. The number of benzene rings is 2. The molecule has 0 aliphatic rings. The SMILES string of the molecule is CC.CC(C)(C)OC(=O)Cn1cccc(NC(=O)OCc2ccccc2)c1=O.Cc1ccccc1. The van der Waals surface area contributed by atoms with Crippen LogP contribution in [0.5, 0.6) is 0 Å². The molecule has 0 atom stereocenters. The van der Waals surface area contributed by atoms with E-state index in [1.54, 1.807) is 26.8 Å². The van der Waals surface area contributed by atoms with E-state index in [1.165, 1.54) is 22.4 Å². The van der Waals surface area contributed by atoms with Gasteiger partial charge in [-0.2, -0.15) is 0 Å². The molecule has 1 aromatic heterocycles. The maximum atomic E-state index is 12.4. The summed E-state index contributed by atoms with van der Waals surface area (Å²) < 4.78 is 11.4. The number of aromatic nitrogens is 1. The molecule has 0 aliphatic carbocycles. The molecule has 0 saturated carbocycles. The normalized spacial score (nSPS) is 10.0. The fourth-order valence-corrected chi connectivity index (χ4v) is 2.67. The van der Waals surface area contributed by atoms with Crippen LogP contribution in [0.3, 0.4) is 0 Å². The summed E-state index contributed by atoms with van der Waals surface area (Å²) in [4.78, 5) is 36.1. The number of esters is 1. The number of hydrogen-bond acceptors (Lipinski definition) is 5. The van der Waals surface area contributed by atoms with Gasteiger partial charge in [-0.15, -0.1) is 0 Å². The number of rotatable bonds is 5. The van der Waals surface area contributed by atoms with Crippen LogP contribution in [0.2, 0.25) is 0 Å². The van der Waals surface area contributed by atoms with Crippen LogP contribution >= 0.6 is 0 Å². The predicted molar refractivity (Wildman–Crippen MR) is 139 cm³/mol. The van der Waals surface area contributed by atoms with Crippen molar-refractivity contribution in [3.05, 3.63) is 100 Å². The molecule has 3 aromatic rings. The van der Waals surface area contributed by atoms with Crippen molar-refractivity contribution in [2.45, 2.75) is 60.3 Å². The smallest absolute Gasteiger partial charge is 0.412 e. The minimum Gasteiger partial charge on any atom is -0.459 e. The lowest BCUT2D eigenvalue weighted by Gasteiger charge is -2.19. The van der Waals surface area contributed by atoms with Crippen LogP contribution in [0.1, 0.15) is 45.7 Å². The second-order valence-electron chi connectivity index (χ2n) is 8.28. The van der Waals surface area contributed by atoms with E-state index >= 15 is 0 Å². The van der Waals surface area contributed by atoms with Gasteiger partial charge in [-0.3, -0.25) is 14.9 Å². The number of anilines is 1. The van der Waals surface area contributed by atoms with Crippen molar-refractivity contribution in [3.63, 3.8) is 0 Å². The highest BCUT2D eigenvalue weighted by molar-refractivity contribution is 5.84. The average molecular weight is 481 g/mol. The van der Waals surface area contributed by atoms with Gasteiger partial charge in [0.05, 0.1) is 0 Å². The van der Waals surface area contributed by atoms with E-state index in [0.29, 0.717) is 0 Å². The molecule has 0 bridgehead atoms. The third-order valence-electron chi connectivity index (χ3n) is 4.13. The number of carbonyl (C=O) groups excluding carboxylic acids is 2. The first-order valence-electron chi connectivity index (χ1n) is 11.5. The monoisotopic (exact) mass is 480 g/mol. The Bertz CT molecular complexity index is 1090. The molecule has 1 heterocycles. The number of hydrogen-bond donors (Lipinski definition) is 1. The highest BCUT2D eigenvalue weighted by Crippen LogP contribution is 2.08. The second-order valence-corrected chi connectivity index (χ2v) is 8.28. The number of nitrogens with zero attached hydrogens (tertiary/aromatic N) is 1. The molecule has 0 spiro atoms. The standard InChI is InChI=1S/C19H22N2O5.C7H8.C2H6/c1-19(2,3)26-16(22)12-21-11-7-10-15(17(21)23)20-18(24)25-13-14-8-5-4-6-9-14;1-7-5-3-2-4-6-7;1-2/h4-11H,12-13H2,1-3H3,(H,20,24);2-6H,1H3;1-2H3. The molecule has 3 rings (SSSR count). The average Bonchev–Trinajstić information content (AvgIpc) is 2.82. The van der Waals surface area contributed by atoms with E-state index in [1.807, 2.05) is 62.4 Å². The fourth-order valence-electron chi connectivity index (χ4n) is 2.67. The number of ether oxygens (including phenoxy) is 2. The molecule has 7 nitrogen and oxygen atoms in total. The Morgan fingerprint density at radius 1 is 0.886 bits per heavy atom. The molecular weight excluding hydrogens is 444 g/mol. The Morgan fingerprint density at radius 3 is 1.97 bits per heavy atom. The minimum absolute atomic E-state index is 0.0223. The molecular formula is C28H36N2O5. The Labute approximate surface area is 207 Å². The van der Waals surface area contributed by atoms with E-state index in [-0.39, 0.29) is 18.8 Å². The van der Waals surface area contributed by atoms with Crippen LogP contribution in [0, 0.1) is 6.92 Å². The predicted octanol–water partition coefficient (Wildman–Crippen LogP) is 5.96. The van der Waals surface area contributed by atoms with Gasteiger partial charge in [-0.1, -0.05) is 80.1 Å². The molecule has 188 valence electrons. The lowest BCUT2D eigenvalue weighted by Crippen LogP contribution is -2.31. The van der Waals surface area contributed by atoms with E-state index in [9.17, 15) is 14.4 Å². The van der Waals surface area contributed by atoms with Crippen molar-refractivity contribution in [2.75, 3.05) is 5.32 Å². The maximum Gasteiger partial charge on any atom is 0.412 e. The summed E-state index contributed by atoms with van der Waals surface area (Å²) in [6.45, 7) is 11.2. The van der Waals surface area contributed by atoms with Crippen LogP contribution in [0.4, 0.5) is 10.5 Å². The van der Waals surface area contributed by atoms with Crippen LogP contribution in [-0.2, 0) is 27.4 Å². The van der Waals surface area contributed by atoms with Crippen molar-refractivity contribution < 1.29 is 19.1 Å². The lowest BCUT2D eigenvalue weighted by molar-refractivity contribution is -0.155. The summed E-state index contributed by atoms with van der Waals surface area (Å²) in [5.74, 6) is -0.539. The van der Waals surface area contributed by atoms with Crippen molar-refractivity contribution in [2.24, 2.45) is 0 Å². The molecule has 0 aliphatic heterocycles. The number of aryl methyl sites for hydroxylation is 1. The van der Waals surface area contributed by atoms with Crippen molar-refractivity contribution in [3.8, 4) is 0 Å². The van der Waals surface area contributed by atoms with E-state index in [4.69, 9.17) is 9.47 Å². The van der Waals surface area contributed by atoms with Crippen molar-refractivity contribution >= 4 is 17.7 Å². The Hall–Kier alpha value is -3.87. The first-order chi connectivity index (χ1) is 16.6. The van der Waals surface area contributed by atoms with Gasteiger partial charge in [0.1, 0.15) is 24.4 Å². The molecule has 2 aromatic carbocycles. The third kappa shape index (κ3) is 12.2. The summed E-state index contributed by atoms with van der Waals surface area (Å²) in [6.07, 6.45) is 0.702. The van der Waals surface area contributed by atoms with Crippen molar-refractivity contribution in [1.29, 1.82) is 0 Å². The minimum atomic E-state index is -0.749. The quantitative estimate of drug-likeness (QED) is 0.455. The van der Waals surface area contributed by atoms with Gasteiger partial charge in [0.2, 0.25) is 0 Å². The van der Waals surface area contributed by atoms with E-state index in [2.05, 4.69) is 24.4 Å². The zero-order valence-corrected chi connectivity index (χ0v) is 21.4. The lowest BCUT2D eigenvalue weighted by atomic mass is 10.2. The van der Waals surface area contributed by atoms with Gasteiger partial charge in [-0.25, -0.2) is 4.79 Å². The summed E-state index contributed by atoms with van der Waals surface area (Å²) >= 11 is 0. The number of pyridine rings is 1. The molecule has 1 amide bonds.